The van der Waals surface area contributed by atoms with Gasteiger partial charge in [-0.05, 0) is 18.6 Å². The number of hydrogen-bond donors (Lipinski definition) is 0. The van der Waals surface area contributed by atoms with Gasteiger partial charge in [-0.2, -0.15) is 0 Å². The smallest absolute Gasteiger partial charge is 0.178 e. The number of pyridine rings is 1. The molecule has 0 aliphatic rings. The molecule has 1 heterocycles. The van der Waals surface area contributed by atoms with Crippen molar-refractivity contribution in [3.8, 4) is 11.3 Å². The van der Waals surface area contributed by atoms with E-state index >= 15 is 0 Å². The monoisotopic (exact) mass is 281 g/mol. The molecule has 2 aromatic rings. The highest BCUT2D eigenvalue weighted by molar-refractivity contribution is 7.90. The first-order chi connectivity index (χ1) is 8.39. The first kappa shape index (κ1) is 13.1. The Labute approximate surface area is 111 Å². The molecule has 1 aromatic heterocycles. The third kappa shape index (κ3) is 2.54. The Bertz CT molecular complexity index is 658. The molecule has 0 aliphatic heterocycles. The van der Waals surface area contributed by atoms with Gasteiger partial charge in [0.25, 0.3) is 0 Å². The molecule has 0 saturated heterocycles. The third-order valence-corrected chi connectivity index (χ3v) is 4.20. The summed E-state index contributed by atoms with van der Waals surface area (Å²) in [4.78, 5) is 4.26. The van der Waals surface area contributed by atoms with Crippen molar-refractivity contribution >= 4 is 21.4 Å². The minimum absolute atomic E-state index is 0.0244. The average Bonchev–Trinajstić information content (AvgIpc) is 2.27. The van der Waals surface area contributed by atoms with E-state index in [9.17, 15) is 8.42 Å². The van der Waals surface area contributed by atoms with E-state index in [1.54, 1.807) is 13.0 Å². The number of halogens is 1. The Balaban J connectivity index is 2.64. The summed E-state index contributed by atoms with van der Waals surface area (Å²) in [6.45, 7) is 1.72. The summed E-state index contributed by atoms with van der Waals surface area (Å²) in [5.74, 6) is 0. The number of benzene rings is 1. The van der Waals surface area contributed by atoms with Gasteiger partial charge in [-0.1, -0.05) is 41.9 Å². The number of aromatic nitrogens is 1. The van der Waals surface area contributed by atoms with Crippen LogP contribution in [-0.4, -0.2) is 19.7 Å². The zero-order chi connectivity index (χ0) is 13.3. The maximum absolute atomic E-state index is 11.6. The molecule has 0 radical (unpaired) electrons. The molecule has 0 aliphatic carbocycles. The summed E-state index contributed by atoms with van der Waals surface area (Å²) < 4.78 is 23.2. The summed E-state index contributed by atoms with van der Waals surface area (Å²) in [6.07, 6.45) is 1.13. The molecule has 0 atom stereocenters. The summed E-state index contributed by atoms with van der Waals surface area (Å²) >= 11 is 5.98. The molecule has 1 aromatic carbocycles. The fourth-order valence-electron chi connectivity index (χ4n) is 1.82. The van der Waals surface area contributed by atoms with Gasteiger partial charge in [-0.3, -0.25) is 0 Å². The Morgan fingerprint density at radius 3 is 2.28 bits per heavy atom. The topological polar surface area (TPSA) is 47.0 Å². The van der Waals surface area contributed by atoms with Crippen molar-refractivity contribution in [3.05, 3.63) is 47.1 Å². The van der Waals surface area contributed by atoms with E-state index in [4.69, 9.17) is 11.6 Å². The van der Waals surface area contributed by atoms with Crippen LogP contribution in [0, 0.1) is 6.92 Å². The van der Waals surface area contributed by atoms with Crippen molar-refractivity contribution in [1.82, 2.24) is 4.98 Å². The Hall–Kier alpha value is -1.39. The van der Waals surface area contributed by atoms with E-state index in [-0.39, 0.29) is 10.0 Å². The van der Waals surface area contributed by atoms with Gasteiger partial charge < -0.3 is 0 Å². The van der Waals surface area contributed by atoms with Gasteiger partial charge in [0.2, 0.25) is 0 Å². The Morgan fingerprint density at radius 1 is 1.17 bits per heavy atom. The van der Waals surface area contributed by atoms with E-state index in [0.29, 0.717) is 11.3 Å². The molecule has 0 fully saturated rings. The van der Waals surface area contributed by atoms with Crippen LogP contribution in [0.25, 0.3) is 11.3 Å². The quantitative estimate of drug-likeness (QED) is 0.795. The highest BCUT2D eigenvalue weighted by atomic mass is 35.5. The lowest BCUT2D eigenvalue weighted by molar-refractivity contribution is 0.601. The first-order valence-electron chi connectivity index (χ1n) is 5.32. The van der Waals surface area contributed by atoms with Crippen LogP contribution in [0.15, 0.2) is 41.3 Å². The highest BCUT2D eigenvalue weighted by Crippen LogP contribution is 2.28. The maximum atomic E-state index is 11.6. The second-order valence-electron chi connectivity index (χ2n) is 4.08. The number of nitrogens with zero attached hydrogens (tertiary/aromatic N) is 1. The largest absolute Gasteiger partial charge is 0.235 e. The molecule has 0 saturated carbocycles. The predicted octanol–water partition coefficient (Wildman–Crippen LogP) is 3.11. The lowest BCUT2D eigenvalue weighted by Crippen LogP contribution is -2.03. The van der Waals surface area contributed by atoms with Gasteiger partial charge >= 0.3 is 0 Å². The van der Waals surface area contributed by atoms with Gasteiger partial charge in [0, 0.05) is 11.8 Å². The van der Waals surface area contributed by atoms with Crippen LogP contribution in [0.3, 0.4) is 0 Å². The van der Waals surface area contributed by atoms with Crippen LogP contribution < -0.4 is 0 Å². The Morgan fingerprint density at radius 2 is 1.78 bits per heavy atom. The zero-order valence-corrected chi connectivity index (χ0v) is 11.6. The molecule has 0 amide bonds. The fourth-order valence-corrected chi connectivity index (χ4v) is 3.48. The summed E-state index contributed by atoms with van der Waals surface area (Å²) in [7, 11) is -3.36. The lowest BCUT2D eigenvalue weighted by atomic mass is 10.1. The predicted molar refractivity (Wildman–Crippen MR) is 72.5 cm³/mol. The van der Waals surface area contributed by atoms with Crippen LogP contribution in [0.2, 0.25) is 5.15 Å². The third-order valence-electron chi connectivity index (χ3n) is 2.56. The lowest BCUT2D eigenvalue weighted by Gasteiger charge is -2.08. The SMILES string of the molecule is Cc1cc(-c2ccccc2)nc(Cl)c1S(C)(=O)=O. The van der Waals surface area contributed by atoms with Crippen LogP contribution >= 0.6 is 11.6 Å². The molecule has 3 nitrogen and oxygen atoms in total. The van der Waals surface area contributed by atoms with Crippen LogP contribution in [0.4, 0.5) is 0 Å². The van der Waals surface area contributed by atoms with Crippen LogP contribution in [0.5, 0.6) is 0 Å². The molecular formula is C13H12ClNO2S. The number of aryl methyl sites for hydroxylation is 1. The molecular weight excluding hydrogens is 270 g/mol. The normalized spacial score (nSPS) is 11.5. The summed E-state index contributed by atoms with van der Waals surface area (Å²) in [6, 6.07) is 11.2. The van der Waals surface area contributed by atoms with E-state index in [2.05, 4.69) is 4.98 Å². The van der Waals surface area contributed by atoms with E-state index in [1.165, 1.54) is 0 Å². The highest BCUT2D eigenvalue weighted by Gasteiger charge is 2.18. The minimum atomic E-state index is -3.36. The summed E-state index contributed by atoms with van der Waals surface area (Å²) in [5.41, 5.74) is 2.18. The first-order valence-corrected chi connectivity index (χ1v) is 7.59. The maximum Gasteiger partial charge on any atom is 0.178 e. The second kappa shape index (κ2) is 4.71. The van der Waals surface area contributed by atoms with Gasteiger partial charge in [0.15, 0.2) is 9.84 Å². The van der Waals surface area contributed by atoms with Crippen molar-refractivity contribution < 1.29 is 8.42 Å². The molecule has 0 unspecified atom stereocenters. The molecule has 0 spiro atoms. The second-order valence-corrected chi connectivity index (χ2v) is 6.39. The van der Waals surface area contributed by atoms with Crippen molar-refractivity contribution in [3.63, 3.8) is 0 Å². The molecule has 18 heavy (non-hydrogen) atoms. The van der Waals surface area contributed by atoms with Crippen molar-refractivity contribution in [2.24, 2.45) is 0 Å². The molecule has 5 heteroatoms. The molecule has 94 valence electrons. The standard InChI is InChI=1S/C13H12ClNO2S/c1-9-8-11(10-6-4-3-5-7-10)15-13(14)12(9)18(2,16)17/h3-8H,1-2H3. The molecule has 0 N–H and O–H groups in total. The minimum Gasteiger partial charge on any atom is -0.235 e. The average molecular weight is 282 g/mol. The van der Waals surface area contributed by atoms with Gasteiger partial charge in [-0.25, -0.2) is 13.4 Å². The van der Waals surface area contributed by atoms with E-state index in [0.717, 1.165) is 11.8 Å². The van der Waals surface area contributed by atoms with Crippen molar-refractivity contribution in [1.29, 1.82) is 0 Å². The number of rotatable bonds is 2. The Kier molecular flexibility index (Phi) is 3.41. The van der Waals surface area contributed by atoms with Gasteiger partial charge in [0.1, 0.15) is 10.0 Å². The van der Waals surface area contributed by atoms with Gasteiger partial charge in [0.05, 0.1) is 5.69 Å². The summed E-state index contributed by atoms with van der Waals surface area (Å²) in [5, 5.41) is 0.0244. The molecule has 0 bridgehead atoms. The zero-order valence-electron chi connectivity index (χ0n) is 10.0. The van der Waals surface area contributed by atoms with Crippen molar-refractivity contribution in [2.45, 2.75) is 11.8 Å². The fraction of sp³-hybridized carbons (Fsp3) is 0.154. The van der Waals surface area contributed by atoms with Crippen LogP contribution in [-0.2, 0) is 9.84 Å². The van der Waals surface area contributed by atoms with Crippen LogP contribution in [0.1, 0.15) is 5.56 Å². The number of hydrogen-bond acceptors (Lipinski definition) is 3. The molecule has 2 rings (SSSR count). The number of sulfone groups is 1. The van der Waals surface area contributed by atoms with E-state index in [1.807, 2.05) is 30.3 Å². The van der Waals surface area contributed by atoms with Crippen molar-refractivity contribution in [2.75, 3.05) is 6.26 Å². The van der Waals surface area contributed by atoms with Gasteiger partial charge in [-0.15, -0.1) is 0 Å². The van der Waals surface area contributed by atoms with E-state index < -0.39 is 9.84 Å².